The Morgan fingerprint density at radius 2 is 2.43 bits per heavy atom. The minimum absolute atomic E-state index is 0.883. The quantitative estimate of drug-likeness (QED) is 0.706. The van der Waals surface area contributed by atoms with E-state index in [9.17, 15) is 0 Å². The molecule has 3 nitrogen and oxygen atoms in total. The Morgan fingerprint density at radius 3 is 3.00 bits per heavy atom. The maximum atomic E-state index is 4.99. The molecule has 0 saturated carbocycles. The first-order chi connectivity index (χ1) is 6.86. The first kappa shape index (κ1) is 9.49. The minimum atomic E-state index is 0.883. The molecule has 2 N–H and O–H groups in total. The molecule has 14 heavy (non-hydrogen) atoms. The molecule has 0 amide bonds. The standard InChI is InChI=1S/C11H16N2O/c1-9(11-6-13-7-11)4-12-5-10-2-3-14-8-10/h2-3,8,12-13H,4-7H2,1H3. The second-order valence-electron chi connectivity index (χ2n) is 3.72. The number of hydrogen-bond acceptors (Lipinski definition) is 3. The molecule has 1 saturated heterocycles. The average molecular weight is 192 g/mol. The molecule has 3 heteroatoms. The van der Waals surface area contributed by atoms with Crippen molar-refractivity contribution in [1.82, 2.24) is 10.6 Å². The van der Waals surface area contributed by atoms with Gasteiger partial charge in [0.2, 0.25) is 0 Å². The molecule has 1 aliphatic rings. The number of furan rings is 1. The maximum Gasteiger partial charge on any atom is 0.0947 e. The lowest BCUT2D eigenvalue weighted by Crippen LogP contribution is -2.36. The zero-order chi connectivity index (χ0) is 9.80. The summed E-state index contributed by atoms with van der Waals surface area (Å²) in [5.41, 5.74) is 4.21. The molecule has 1 fully saturated rings. The molecular formula is C11H16N2O. The number of hydrogen-bond donors (Lipinski definition) is 2. The van der Waals surface area contributed by atoms with Crippen molar-refractivity contribution < 1.29 is 4.42 Å². The van der Waals surface area contributed by atoms with Crippen molar-refractivity contribution in [2.45, 2.75) is 13.5 Å². The SMILES string of the molecule is CC(CNCc1ccoc1)=C1CNC1. The van der Waals surface area contributed by atoms with Gasteiger partial charge in [-0.15, -0.1) is 0 Å². The number of rotatable bonds is 4. The molecule has 0 bridgehead atoms. The molecule has 0 spiro atoms. The van der Waals surface area contributed by atoms with Crippen molar-refractivity contribution in [2.75, 3.05) is 19.6 Å². The van der Waals surface area contributed by atoms with Gasteiger partial charge in [-0.3, -0.25) is 0 Å². The van der Waals surface area contributed by atoms with E-state index in [-0.39, 0.29) is 0 Å². The van der Waals surface area contributed by atoms with Crippen LogP contribution >= 0.6 is 0 Å². The molecule has 2 heterocycles. The first-order valence-electron chi connectivity index (χ1n) is 4.96. The molecule has 0 unspecified atom stereocenters. The fourth-order valence-electron chi connectivity index (χ4n) is 1.46. The molecule has 0 aromatic carbocycles. The van der Waals surface area contributed by atoms with Crippen molar-refractivity contribution >= 4 is 0 Å². The van der Waals surface area contributed by atoms with Crippen molar-refractivity contribution in [3.8, 4) is 0 Å². The predicted molar refractivity (Wildman–Crippen MR) is 56.0 cm³/mol. The fraction of sp³-hybridized carbons (Fsp3) is 0.455. The van der Waals surface area contributed by atoms with Crippen LogP contribution in [0.3, 0.4) is 0 Å². The highest BCUT2D eigenvalue weighted by molar-refractivity contribution is 5.22. The summed E-state index contributed by atoms with van der Waals surface area (Å²) < 4.78 is 4.99. The number of nitrogens with one attached hydrogen (secondary N) is 2. The van der Waals surface area contributed by atoms with E-state index in [1.165, 1.54) is 11.1 Å². The van der Waals surface area contributed by atoms with Crippen LogP contribution in [0.5, 0.6) is 0 Å². The van der Waals surface area contributed by atoms with Crippen molar-refractivity contribution in [3.05, 3.63) is 35.3 Å². The minimum Gasteiger partial charge on any atom is -0.472 e. The van der Waals surface area contributed by atoms with E-state index in [1.54, 1.807) is 18.1 Å². The topological polar surface area (TPSA) is 37.2 Å². The molecule has 1 aromatic rings. The Kier molecular flexibility index (Phi) is 3.01. The lowest BCUT2D eigenvalue weighted by Gasteiger charge is -2.22. The molecule has 0 aliphatic carbocycles. The van der Waals surface area contributed by atoms with E-state index >= 15 is 0 Å². The van der Waals surface area contributed by atoms with Gasteiger partial charge in [0.1, 0.15) is 0 Å². The van der Waals surface area contributed by atoms with E-state index in [0.717, 1.165) is 26.2 Å². The molecule has 2 rings (SSSR count). The molecule has 76 valence electrons. The van der Waals surface area contributed by atoms with Crippen LogP contribution in [0.1, 0.15) is 12.5 Å². The zero-order valence-corrected chi connectivity index (χ0v) is 8.47. The van der Waals surface area contributed by atoms with Gasteiger partial charge in [-0.05, 0) is 18.6 Å². The third-order valence-electron chi connectivity index (χ3n) is 2.58. The van der Waals surface area contributed by atoms with Crippen LogP contribution in [0.15, 0.2) is 34.2 Å². The second kappa shape index (κ2) is 4.44. The van der Waals surface area contributed by atoms with Crippen LogP contribution < -0.4 is 10.6 Å². The molecule has 1 aliphatic heterocycles. The third-order valence-corrected chi connectivity index (χ3v) is 2.58. The monoisotopic (exact) mass is 192 g/mol. The summed E-state index contributed by atoms with van der Waals surface area (Å²) in [6.07, 6.45) is 3.48. The van der Waals surface area contributed by atoms with Crippen LogP contribution in [0, 0.1) is 0 Å². The summed E-state index contributed by atoms with van der Waals surface area (Å²) in [7, 11) is 0. The summed E-state index contributed by atoms with van der Waals surface area (Å²) >= 11 is 0. The predicted octanol–water partition coefficient (Wildman–Crippen LogP) is 1.29. The maximum absolute atomic E-state index is 4.99. The van der Waals surface area contributed by atoms with Gasteiger partial charge >= 0.3 is 0 Å². The van der Waals surface area contributed by atoms with E-state index < -0.39 is 0 Å². The van der Waals surface area contributed by atoms with Crippen LogP contribution in [-0.4, -0.2) is 19.6 Å². The van der Waals surface area contributed by atoms with Gasteiger partial charge in [-0.1, -0.05) is 5.57 Å². The lowest BCUT2D eigenvalue weighted by atomic mass is 10.0. The summed E-state index contributed by atoms with van der Waals surface area (Å²) in [6.45, 7) is 6.19. The first-order valence-corrected chi connectivity index (χ1v) is 4.96. The van der Waals surface area contributed by atoms with Crippen molar-refractivity contribution in [3.63, 3.8) is 0 Å². The Morgan fingerprint density at radius 1 is 1.57 bits per heavy atom. The Labute approximate surface area is 84.2 Å². The van der Waals surface area contributed by atoms with E-state index in [1.807, 2.05) is 6.07 Å². The van der Waals surface area contributed by atoms with Crippen LogP contribution in [0.2, 0.25) is 0 Å². The van der Waals surface area contributed by atoms with E-state index in [2.05, 4.69) is 17.6 Å². The molecular weight excluding hydrogens is 176 g/mol. The van der Waals surface area contributed by atoms with Crippen LogP contribution in [-0.2, 0) is 6.54 Å². The van der Waals surface area contributed by atoms with Gasteiger partial charge in [-0.25, -0.2) is 0 Å². The van der Waals surface area contributed by atoms with Gasteiger partial charge in [0.15, 0.2) is 0 Å². The van der Waals surface area contributed by atoms with Crippen LogP contribution in [0.4, 0.5) is 0 Å². The molecule has 1 aromatic heterocycles. The fourth-order valence-corrected chi connectivity index (χ4v) is 1.46. The van der Waals surface area contributed by atoms with Gasteiger partial charge in [0, 0.05) is 31.7 Å². The Balaban J connectivity index is 1.73. The van der Waals surface area contributed by atoms with E-state index in [0.29, 0.717) is 0 Å². The normalized spacial score (nSPS) is 15.4. The molecule has 0 radical (unpaired) electrons. The summed E-state index contributed by atoms with van der Waals surface area (Å²) in [5, 5.41) is 6.64. The van der Waals surface area contributed by atoms with Gasteiger partial charge in [-0.2, -0.15) is 0 Å². The summed E-state index contributed by atoms with van der Waals surface area (Å²) in [6, 6.07) is 1.99. The average Bonchev–Trinajstić information content (AvgIpc) is 2.53. The lowest BCUT2D eigenvalue weighted by molar-refractivity contribution is 0.561. The second-order valence-corrected chi connectivity index (χ2v) is 3.72. The highest BCUT2D eigenvalue weighted by Gasteiger charge is 2.09. The third kappa shape index (κ3) is 2.25. The molecule has 0 atom stereocenters. The highest BCUT2D eigenvalue weighted by atomic mass is 16.3. The van der Waals surface area contributed by atoms with Crippen molar-refractivity contribution in [2.24, 2.45) is 0 Å². The smallest absolute Gasteiger partial charge is 0.0947 e. The Hall–Kier alpha value is -1.06. The van der Waals surface area contributed by atoms with Gasteiger partial charge in [0.25, 0.3) is 0 Å². The zero-order valence-electron chi connectivity index (χ0n) is 8.47. The van der Waals surface area contributed by atoms with Crippen LogP contribution in [0.25, 0.3) is 0 Å². The highest BCUT2D eigenvalue weighted by Crippen LogP contribution is 2.07. The Bertz CT molecular complexity index is 308. The largest absolute Gasteiger partial charge is 0.472 e. The van der Waals surface area contributed by atoms with Crippen molar-refractivity contribution in [1.29, 1.82) is 0 Å². The summed E-state index contributed by atoms with van der Waals surface area (Å²) in [4.78, 5) is 0. The van der Waals surface area contributed by atoms with Gasteiger partial charge < -0.3 is 15.1 Å². The van der Waals surface area contributed by atoms with Gasteiger partial charge in [0.05, 0.1) is 12.5 Å². The van der Waals surface area contributed by atoms with E-state index in [4.69, 9.17) is 4.42 Å². The summed E-state index contributed by atoms with van der Waals surface area (Å²) in [5.74, 6) is 0.